The maximum Gasteiger partial charge on any atom is 0.265 e. The molecule has 1 aromatic heterocycles. The highest BCUT2D eigenvalue weighted by Crippen LogP contribution is 2.32. The first-order valence-corrected chi connectivity index (χ1v) is 8.06. The van der Waals surface area contributed by atoms with Gasteiger partial charge in [-0.1, -0.05) is 0 Å². The Hall–Kier alpha value is -1.46. The summed E-state index contributed by atoms with van der Waals surface area (Å²) in [7, 11) is 0. The third kappa shape index (κ3) is 2.77. The molecule has 0 radical (unpaired) electrons. The Kier molecular flexibility index (Phi) is 3.48. The van der Waals surface area contributed by atoms with E-state index < -0.39 is 0 Å². The first-order chi connectivity index (χ1) is 9.22. The standard InChI is InChI=1S/C14H14N2OS2/c15-10-1-3-11(4-2-10)16-14(17)13-7-9-8-18-6-5-12(9)19-13/h1-4,7H,5-6,8,15H2,(H,16,17). The first-order valence-electron chi connectivity index (χ1n) is 6.08. The summed E-state index contributed by atoms with van der Waals surface area (Å²) >= 11 is 3.55. The molecule has 2 aromatic rings. The number of carbonyl (C=O) groups is 1. The number of anilines is 2. The Morgan fingerprint density at radius 1 is 1.26 bits per heavy atom. The molecule has 3 rings (SSSR count). The van der Waals surface area contributed by atoms with Crippen LogP contribution >= 0.6 is 23.1 Å². The zero-order chi connectivity index (χ0) is 13.2. The lowest BCUT2D eigenvalue weighted by Crippen LogP contribution is -2.10. The summed E-state index contributed by atoms with van der Waals surface area (Å²) < 4.78 is 0. The van der Waals surface area contributed by atoms with Gasteiger partial charge in [-0.3, -0.25) is 4.79 Å². The predicted octanol–water partition coefficient (Wildman–Crippen LogP) is 3.37. The lowest BCUT2D eigenvalue weighted by molar-refractivity contribution is 0.103. The van der Waals surface area contributed by atoms with Crippen molar-refractivity contribution in [2.45, 2.75) is 12.2 Å². The summed E-state index contributed by atoms with van der Waals surface area (Å²) in [6, 6.07) is 9.23. The normalized spacial score (nSPS) is 13.9. The molecule has 19 heavy (non-hydrogen) atoms. The largest absolute Gasteiger partial charge is 0.399 e. The van der Waals surface area contributed by atoms with Gasteiger partial charge in [0.25, 0.3) is 5.91 Å². The van der Waals surface area contributed by atoms with Crippen molar-refractivity contribution in [1.82, 2.24) is 0 Å². The predicted molar refractivity (Wildman–Crippen MR) is 83.0 cm³/mol. The van der Waals surface area contributed by atoms with Gasteiger partial charge in [0.1, 0.15) is 0 Å². The monoisotopic (exact) mass is 290 g/mol. The minimum absolute atomic E-state index is 0.0332. The Morgan fingerprint density at radius 2 is 2.05 bits per heavy atom. The molecular formula is C14H14N2OS2. The third-order valence-corrected chi connectivity index (χ3v) is 5.26. The lowest BCUT2D eigenvalue weighted by Gasteiger charge is -2.08. The fraction of sp³-hybridized carbons (Fsp3) is 0.214. The van der Waals surface area contributed by atoms with Crippen LogP contribution in [0, 0.1) is 0 Å². The highest BCUT2D eigenvalue weighted by atomic mass is 32.2. The van der Waals surface area contributed by atoms with Gasteiger partial charge in [0.05, 0.1) is 4.88 Å². The molecule has 0 bridgehead atoms. The zero-order valence-corrected chi connectivity index (χ0v) is 11.9. The van der Waals surface area contributed by atoms with E-state index in [2.05, 4.69) is 5.32 Å². The topological polar surface area (TPSA) is 55.1 Å². The van der Waals surface area contributed by atoms with E-state index in [9.17, 15) is 4.79 Å². The molecule has 1 aliphatic rings. The SMILES string of the molecule is Nc1ccc(NC(=O)c2cc3c(s2)CCSC3)cc1. The minimum atomic E-state index is -0.0332. The Balaban J connectivity index is 1.76. The number of hydrogen-bond acceptors (Lipinski definition) is 4. The molecule has 0 aliphatic carbocycles. The number of fused-ring (bicyclic) bond motifs is 1. The van der Waals surface area contributed by atoms with Crippen LogP contribution in [0.25, 0.3) is 0 Å². The molecule has 5 heteroatoms. The number of amides is 1. The van der Waals surface area contributed by atoms with E-state index in [-0.39, 0.29) is 5.91 Å². The van der Waals surface area contributed by atoms with Crippen LogP contribution in [0.5, 0.6) is 0 Å². The maximum absolute atomic E-state index is 12.2. The fourth-order valence-corrected chi connectivity index (χ4v) is 4.29. The number of carbonyl (C=O) groups excluding carboxylic acids is 1. The van der Waals surface area contributed by atoms with Crippen LogP contribution in [0.3, 0.4) is 0 Å². The number of thiophene rings is 1. The molecule has 0 saturated carbocycles. The van der Waals surface area contributed by atoms with E-state index in [1.54, 1.807) is 23.5 Å². The van der Waals surface area contributed by atoms with E-state index in [1.807, 2.05) is 30.0 Å². The molecule has 0 spiro atoms. The molecule has 98 valence electrons. The van der Waals surface area contributed by atoms with Gasteiger partial charge in [-0.05, 0) is 48.1 Å². The molecule has 0 saturated heterocycles. The van der Waals surface area contributed by atoms with E-state index >= 15 is 0 Å². The van der Waals surface area contributed by atoms with Crippen LogP contribution in [-0.4, -0.2) is 11.7 Å². The number of hydrogen-bond donors (Lipinski definition) is 2. The molecule has 3 nitrogen and oxygen atoms in total. The van der Waals surface area contributed by atoms with E-state index in [1.165, 1.54) is 10.4 Å². The number of thioether (sulfide) groups is 1. The van der Waals surface area contributed by atoms with Crippen molar-refractivity contribution in [2.75, 3.05) is 16.8 Å². The van der Waals surface area contributed by atoms with Gasteiger partial charge < -0.3 is 11.1 Å². The minimum Gasteiger partial charge on any atom is -0.399 e. The van der Waals surface area contributed by atoms with Crippen LogP contribution < -0.4 is 11.1 Å². The van der Waals surface area contributed by atoms with Crippen molar-refractivity contribution in [2.24, 2.45) is 0 Å². The zero-order valence-electron chi connectivity index (χ0n) is 10.3. The molecular weight excluding hydrogens is 276 g/mol. The first kappa shape index (κ1) is 12.6. The molecule has 3 N–H and O–H groups in total. The highest BCUT2D eigenvalue weighted by Gasteiger charge is 2.17. The highest BCUT2D eigenvalue weighted by molar-refractivity contribution is 7.98. The van der Waals surface area contributed by atoms with Crippen LogP contribution in [-0.2, 0) is 12.2 Å². The molecule has 1 aromatic carbocycles. The summed E-state index contributed by atoms with van der Waals surface area (Å²) in [4.78, 5) is 14.3. The van der Waals surface area contributed by atoms with Crippen LogP contribution in [0.15, 0.2) is 30.3 Å². The number of aryl methyl sites for hydroxylation is 1. The third-order valence-electron chi connectivity index (χ3n) is 3.02. The molecule has 0 unspecified atom stereocenters. The van der Waals surface area contributed by atoms with E-state index in [0.29, 0.717) is 5.69 Å². The van der Waals surface area contributed by atoms with Gasteiger partial charge in [-0.15, -0.1) is 11.3 Å². The molecule has 1 aliphatic heterocycles. The summed E-state index contributed by atoms with van der Waals surface area (Å²) in [6.07, 6.45) is 1.08. The molecule has 1 amide bonds. The van der Waals surface area contributed by atoms with E-state index in [4.69, 9.17) is 5.73 Å². The van der Waals surface area contributed by atoms with Crippen LogP contribution in [0.1, 0.15) is 20.1 Å². The summed E-state index contributed by atoms with van der Waals surface area (Å²) in [5.74, 6) is 2.15. The smallest absolute Gasteiger partial charge is 0.265 e. The van der Waals surface area contributed by atoms with Gasteiger partial charge in [0, 0.05) is 22.0 Å². The van der Waals surface area contributed by atoms with Gasteiger partial charge >= 0.3 is 0 Å². The lowest BCUT2D eigenvalue weighted by atomic mass is 10.2. The number of nitrogen functional groups attached to an aromatic ring is 1. The van der Waals surface area contributed by atoms with Crippen molar-refractivity contribution >= 4 is 40.4 Å². The fourth-order valence-electron chi connectivity index (χ4n) is 2.02. The van der Waals surface area contributed by atoms with Crippen molar-refractivity contribution in [3.05, 3.63) is 45.6 Å². The summed E-state index contributed by atoms with van der Waals surface area (Å²) in [5.41, 5.74) is 8.42. The summed E-state index contributed by atoms with van der Waals surface area (Å²) in [6.45, 7) is 0. The van der Waals surface area contributed by atoms with Gasteiger partial charge in [-0.2, -0.15) is 11.8 Å². The second-order valence-corrected chi connectivity index (χ2v) is 6.68. The Labute approximate surface area is 120 Å². The second kappa shape index (κ2) is 5.27. The second-order valence-electron chi connectivity index (χ2n) is 4.44. The van der Waals surface area contributed by atoms with Crippen LogP contribution in [0.2, 0.25) is 0 Å². The molecule has 0 atom stereocenters. The molecule has 0 fully saturated rings. The number of benzene rings is 1. The average molecular weight is 290 g/mol. The van der Waals surface area contributed by atoms with Gasteiger partial charge in [0.15, 0.2) is 0 Å². The number of nitrogens with one attached hydrogen (secondary N) is 1. The maximum atomic E-state index is 12.2. The van der Waals surface area contributed by atoms with E-state index in [0.717, 1.165) is 28.5 Å². The Morgan fingerprint density at radius 3 is 2.79 bits per heavy atom. The van der Waals surface area contributed by atoms with Crippen molar-refractivity contribution in [1.29, 1.82) is 0 Å². The molecule has 2 heterocycles. The quantitative estimate of drug-likeness (QED) is 0.834. The van der Waals surface area contributed by atoms with Crippen molar-refractivity contribution in [3.8, 4) is 0 Å². The Bertz CT molecular complexity index is 581. The average Bonchev–Trinajstić information content (AvgIpc) is 2.85. The van der Waals surface area contributed by atoms with Crippen molar-refractivity contribution < 1.29 is 4.79 Å². The number of nitrogens with two attached hydrogens (primary N) is 1. The summed E-state index contributed by atoms with van der Waals surface area (Å²) in [5, 5.41) is 2.90. The van der Waals surface area contributed by atoms with Gasteiger partial charge in [-0.25, -0.2) is 0 Å². The van der Waals surface area contributed by atoms with Crippen LogP contribution in [0.4, 0.5) is 11.4 Å². The van der Waals surface area contributed by atoms with Crippen molar-refractivity contribution in [3.63, 3.8) is 0 Å². The van der Waals surface area contributed by atoms with Gasteiger partial charge in [0.2, 0.25) is 0 Å². The number of rotatable bonds is 2.